The Balaban J connectivity index is 0.00000210. The number of nitrogens with two attached hydrogens (primary N) is 1. The zero-order chi connectivity index (χ0) is 25.8. The van der Waals surface area contributed by atoms with Crippen LogP contribution in [0.3, 0.4) is 0 Å². The molecule has 206 valence electrons. The van der Waals surface area contributed by atoms with Gasteiger partial charge in [-0.1, -0.05) is 24.5 Å². The molecule has 0 spiro atoms. The number of furan rings is 1. The van der Waals surface area contributed by atoms with Crippen LogP contribution < -0.4 is 21.1 Å². The molecule has 39 heavy (non-hydrogen) atoms. The van der Waals surface area contributed by atoms with Gasteiger partial charge in [0.1, 0.15) is 11.6 Å². The fraction of sp³-hybridized carbons (Fsp3) is 0.286. The highest BCUT2D eigenvalue weighted by atomic mass is 35.5. The molecule has 11 heteroatoms. The number of benzene rings is 2. The number of carbonyl (C=O) groups is 1. The second-order valence-corrected chi connectivity index (χ2v) is 9.19. The molecular weight excluding hydrogens is 539 g/mol. The SMILES string of the molecule is COc1ccc(NC(=O)c2nc(N[C@H]3CCCC[C@H]3N=C(N)c3ccco3)c3cc(C)ccc3n2)cc1.Cl.Cl. The van der Waals surface area contributed by atoms with Gasteiger partial charge in [0.05, 0.1) is 24.9 Å². The highest BCUT2D eigenvalue weighted by molar-refractivity contribution is 6.04. The fourth-order valence-corrected chi connectivity index (χ4v) is 4.59. The Bertz CT molecular complexity index is 1430. The largest absolute Gasteiger partial charge is 0.497 e. The van der Waals surface area contributed by atoms with E-state index >= 15 is 0 Å². The van der Waals surface area contributed by atoms with Crippen LogP contribution in [0.25, 0.3) is 10.9 Å². The lowest BCUT2D eigenvalue weighted by molar-refractivity contribution is 0.101. The van der Waals surface area contributed by atoms with Crippen LogP contribution in [0.5, 0.6) is 5.75 Å². The summed E-state index contributed by atoms with van der Waals surface area (Å²) < 4.78 is 10.6. The van der Waals surface area contributed by atoms with Crippen LogP contribution >= 0.6 is 24.8 Å². The Hall–Kier alpha value is -3.82. The highest BCUT2D eigenvalue weighted by Crippen LogP contribution is 2.28. The van der Waals surface area contributed by atoms with E-state index in [1.165, 1.54) is 0 Å². The van der Waals surface area contributed by atoms with Crippen LogP contribution in [0, 0.1) is 6.92 Å². The second kappa shape index (κ2) is 13.3. The van der Waals surface area contributed by atoms with E-state index in [0.717, 1.165) is 36.6 Å². The molecule has 2 aromatic heterocycles. The molecule has 0 aliphatic heterocycles. The minimum absolute atomic E-state index is 0. The van der Waals surface area contributed by atoms with Gasteiger partial charge >= 0.3 is 0 Å². The first-order valence-electron chi connectivity index (χ1n) is 12.4. The monoisotopic (exact) mass is 570 g/mol. The van der Waals surface area contributed by atoms with Crippen molar-refractivity contribution >= 4 is 59.0 Å². The summed E-state index contributed by atoms with van der Waals surface area (Å²) in [5.74, 6) is 1.95. The molecule has 9 nitrogen and oxygen atoms in total. The molecular formula is C28H32Cl2N6O3. The molecule has 1 amide bonds. The number of aromatic nitrogens is 2. The molecule has 2 aromatic carbocycles. The molecule has 1 saturated carbocycles. The maximum Gasteiger partial charge on any atom is 0.293 e. The lowest BCUT2D eigenvalue weighted by Gasteiger charge is -2.30. The summed E-state index contributed by atoms with van der Waals surface area (Å²) in [7, 11) is 1.60. The van der Waals surface area contributed by atoms with Crippen molar-refractivity contribution in [1.82, 2.24) is 9.97 Å². The summed E-state index contributed by atoms with van der Waals surface area (Å²) in [6.45, 7) is 2.02. The topological polar surface area (TPSA) is 128 Å². The van der Waals surface area contributed by atoms with Crippen LogP contribution in [0.15, 0.2) is 70.3 Å². The Morgan fingerprint density at radius 3 is 2.56 bits per heavy atom. The van der Waals surface area contributed by atoms with Gasteiger partial charge in [-0.15, -0.1) is 24.8 Å². The van der Waals surface area contributed by atoms with Crippen LogP contribution in [0.2, 0.25) is 0 Å². The lowest BCUT2D eigenvalue weighted by atomic mass is 9.90. The van der Waals surface area contributed by atoms with Gasteiger partial charge in [-0.05, 0) is 68.3 Å². The Morgan fingerprint density at radius 1 is 1.08 bits per heavy atom. The standard InChI is InChI=1S/C28H30N6O3.2ClH/c1-17-9-14-21-20(16-17)26(34-27(32-21)28(35)30-18-10-12-19(36-2)13-11-18)33-23-7-4-3-6-22(23)31-25(29)24-8-5-15-37-24;;/h5,8-16,22-23H,3-4,6-7H2,1-2H3,(H2,29,31)(H,30,35)(H,32,33,34);2*1H/t22-,23+;;/m1../s1. The number of nitrogens with zero attached hydrogens (tertiary/aromatic N) is 3. The highest BCUT2D eigenvalue weighted by Gasteiger charge is 2.27. The molecule has 4 aromatic rings. The third kappa shape index (κ3) is 6.99. The van der Waals surface area contributed by atoms with E-state index in [0.29, 0.717) is 34.4 Å². The van der Waals surface area contributed by atoms with Crippen molar-refractivity contribution in [3.63, 3.8) is 0 Å². The van der Waals surface area contributed by atoms with Crippen LogP contribution in [-0.4, -0.2) is 40.9 Å². The van der Waals surface area contributed by atoms with Crippen LogP contribution in [0.1, 0.15) is 47.6 Å². The first-order chi connectivity index (χ1) is 18.0. The summed E-state index contributed by atoms with van der Waals surface area (Å²) in [5.41, 5.74) is 8.63. The minimum atomic E-state index is -0.393. The van der Waals surface area contributed by atoms with Crippen molar-refractivity contribution in [2.75, 3.05) is 17.7 Å². The number of hydrogen-bond donors (Lipinski definition) is 3. The number of amides is 1. The van der Waals surface area contributed by atoms with E-state index in [-0.39, 0.29) is 42.7 Å². The van der Waals surface area contributed by atoms with Gasteiger partial charge in [-0.25, -0.2) is 9.97 Å². The number of halogens is 2. The first-order valence-corrected chi connectivity index (χ1v) is 12.4. The molecule has 1 fully saturated rings. The molecule has 2 atom stereocenters. The van der Waals surface area contributed by atoms with Gasteiger partial charge < -0.3 is 25.5 Å². The third-order valence-corrected chi connectivity index (χ3v) is 6.53. The summed E-state index contributed by atoms with van der Waals surface area (Å²) in [5, 5.41) is 7.31. The smallest absolute Gasteiger partial charge is 0.293 e. The molecule has 5 rings (SSSR count). The van der Waals surface area contributed by atoms with E-state index < -0.39 is 5.91 Å². The number of methoxy groups -OCH3 is 1. The first kappa shape index (κ1) is 29.7. The zero-order valence-electron chi connectivity index (χ0n) is 21.7. The van der Waals surface area contributed by atoms with Gasteiger partial charge in [0, 0.05) is 17.1 Å². The molecule has 1 aliphatic rings. The van der Waals surface area contributed by atoms with Gasteiger partial charge in [0.15, 0.2) is 11.6 Å². The molecule has 0 radical (unpaired) electrons. The average molecular weight is 572 g/mol. The van der Waals surface area contributed by atoms with Crippen LogP contribution in [-0.2, 0) is 0 Å². The maximum atomic E-state index is 13.1. The number of fused-ring (bicyclic) bond motifs is 1. The lowest BCUT2D eigenvalue weighted by Crippen LogP contribution is -2.37. The van der Waals surface area contributed by atoms with Crippen LogP contribution in [0.4, 0.5) is 11.5 Å². The fourth-order valence-electron chi connectivity index (χ4n) is 4.59. The Labute approximate surface area is 239 Å². The number of rotatable bonds is 7. The summed E-state index contributed by atoms with van der Waals surface area (Å²) in [4.78, 5) is 27.1. The van der Waals surface area contributed by atoms with Crippen molar-refractivity contribution < 1.29 is 13.9 Å². The van der Waals surface area contributed by atoms with E-state index in [1.54, 1.807) is 49.8 Å². The van der Waals surface area contributed by atoms with E-state index in [2.05, 4.69) is 20.6 Å². The minimum Gasteiger partial charge on any atom is -0.497 e. The molecule has 0 bridgehead atoms. The zero-order valence-corrected chi connectivity index (χ0v) is 23.3. The van der Waals surface area contributed by atoms with Crippen molar-refractivity contribution in [3.05, 3.63) is 78.0 Å². The second-order valence-electron chi connectivity index (χ2n) is 9.19. The summed E-state index contributed by atoms with van der Waals surface area (Å²) >= 11 is 0. The van der Waals surface area contributed by atoms with E-state index in [9.17, 15) is 4.79 Å². The number of anilines is 2. The third-order valence-electron chi connectivity index (χ3n) is 6.53. The Kier molecular flexibility index (Phi) is 10.1. The Morgan fingerprint density at radius 2 is 1.85 bits per heavy atom. The predicted octanol–water partition coefficient (Wildman–Crippen LogP) is 5.76. The number of carbonyl (C=O) groups excluding carboxylic acids is 1. The predicted molar refractivity (Wildman–Crippen MR) is 159 cm³/mol. The number of aryl methyl sites for hydroxylation is 1. The average Bonchev–Trinajstić information content (AvgIpc) is 3.46. The van der Waals surface area contributed by atoms with Crippen molar-refractivity contribution in [3.8, 4) is 5.75 Å². The van der Waals surface area contributed by atoms with Crippen molar-refractivity contribution in [1.29, 1.82) is 0 Å². The van der Waals surface area contributed by atoms with Gasteiger partial charge in [-0.3, -0.25) is 9.79 Å². The summed E-state index contributed by atoms with van der Waals surface area (Å²) in [6, 6.07) is 16.6. The van der Waals surface area contributed by atoms with E-state index in [1.807, 2.05) is 25.1 Å². The maximum absolute atomic E-state index is 13.1. The van der Waals surface area contributed by atoms with E-state index in [4.69, 9.17) is 19.9 Å². The number of amidine groups is 1. The molecule has 2 heterocycles. The quantitative estimate of drug-likeness (QED) is 0.190. The normalized spacial score (nSPS) is 17.0. The van der Waals surface area contributed by atoms with Gasteiger partial charge in [0.25, 0.3) is 5.91 Å². The molecule has 4 N–H and O–H groups in total. The number of aliphatic imine (C=N–C) groups is 1. The number of hydrogen-bond acceptors (Lipinski definition) is 7. The van der Waals surface area contributed by atoms with Gasteiger partial charge in [0.2, 0.25) is 5.82 Å². The molecule has 0 saturated heterocycles. The van der Waals surface area contributed by atoms with Crippen molar-refractivity contribution in [2.45, 2.75) is 44.7 Å². The van der Waals surface area contributed by atoms with Crippen molar-refractivity contribution in [2.24, 2.45) is 10.7 Å². The summed E-state index contributed by atoms with van der Waals surface area (Å²) in [6.07, 6.45) is 5.52. The number of nitrogens with one attached hydrogen (secondary N) is 2. The molecule has 1 aliphatic carbocycles. The van der Waals surface area contributed by atoms with Gasteiger partial charge in [-0.2, -0.15) is 0 Å². The molecule has 0 unspecified atom stereocenters. The number of ether oxygens (including phenoxy) is 1.